The summed E-state index contributed by atoms with van der Waals surface area (Å²) >= 11 is 1.31. The fourth-order valence-corrected chi connectivity index (χ4v) is 2.76. The molecule has 0 aromatic carbocycles. The van der Waals surface area contributed by atoms with E-state index in [-0.39, 0.29) is 17.3 Å². The van der Waals surface area contributed by atoms with E-state index in [1.54, 1.807) is 0 Å². The molecule has 0 saturated heterocycles. The van der Waals surface area contributed by atoms with E-state index < -0.39 is 30.0 Å². The molecule has 2 rings (SSSR count). The SMILES string of the molecule is CCSc1cc(O)cnc1-c1ncc(OCC(F)(F)C(F)(F)F)c(=O)n1C. The zero-order valence-corrected chi connectivity index (χ0v) is 14.9. The Bertz CT molecular complexity index is 886. The molecule has 0 spiro atoms. The number of alkyl halides is 5. The van der Waals surface area contributed by atoms with Gasteiger partial charge >= 0.3 is 12.1 Å². The molecule has 0 fully saturated rings. The van der Waals surface area contributed by atoms with E-state index in [2.05, 4.69) is 14.7 Å². The van der Waals surface area contributed by atoms with E-state index in [1.165, 1.54) is 24.9 Å². The van der Waals surface area contributed by atoms with Crippen molar-refractivity contribution in [2.24, 2.45) is 7.05 Å². The first kappa shape index (κ1) is 20.9. The zero-order valence-electron chi connectivity index (χ0n) is 14.0. The van der Waals surface area contributed by atoms with Gasteiger partial charge in [-0.25, -0.2) is 9.97 Å². The first-order chi connectivity index (χ1) is 12.5. The average molecular weight is 411 g/mol. The number of rotatable bonds is 6. The molecule has 0 aliphatic carbocycles. The van der Waals surface area contributed by atoms with Gasteiger partial charge in [-0.05, 0) is 11.8 Å². The molecule has 2 heterocycles. The van der Waals surface area contributed by atoms with Crippen LogP contribution in [0.5, 0.6) is 11.5 Å². The lowest BCUT2D eigenvalue weighted by Gasteiger charge is -2.19. The summed E-state index contributed by atoms with van der Waals surface area (Å²) in [6.45, 7) is -0.191. The van der Waals surface area contributed by atoms with Crippen LogP contribution in [0.3, 0.4) is 0 Å². The van der Waals surface area contributed by atoms with Gasteiger partial charge in [0, 0.05) is 11.9 Å². The Morgan fingerprint density at radius 2 is 1.89 bits per heavy atom. The summed E-state index contributed by atoms with van der Waals surface area (Å²) in [6.07, 6.45) is -3.90. The lowest BCUT2D eigenvalue weighted by Crippen LogP contribution is -2.42. The Morgan fingerprint density at radius 1 is 1.22 bits per heavy atom. The third kappa shape index (κ3) is 4.49. The smallest absolute Gasteiger partial charge is 0.456 e. The first-order valence-corrected chi connectivity index (χ1v) is 8.42. The van der Waals surface area contributed by atoms with Gasteiger partial charge in [0.1, 0.15) is 11.4 Å². The molecule has 0 amide bonds. The molecule has 0 aliphatic heterocycles. The van der Waals surface area contributed by atoms with Crippen LogP contribution in [0.25, 0.3) is 11.5 Å². The second-order valence-electron chi connectivity index (χ2n) is 5.27. The van der Waals surface area contributed by atoms with Crippen LogP contribution in [0.1, 0.15) is 6.92 Å². The molecule has 6 nitrogen and oxygen atoms in total. The van der Waals surface area contributed by atoms with Gasteiger partial charge in [0.2, 0.25) is 5.75 Å². The van der Waals surface area contributed by atoms with Gasteiger partial charge < -0.3 is 9.84 Å². The molecule has 2 aromatic heterocycles. The summed E-state index contributed by atoms with van der Waals surface area (Å²) in [5.41, 5.74) is -0.716. The molecular weight excluding hydrogens is 397 g/mol. The summed E-state index contributed by atoms with van der Waals surface area (Å²) in [7, 11) is 1.24. The maximum Gasteiger partial charge on any atom is 0.456 e. The monoisotopic (exact) mass is 411 g/mol. The number of thioether (sulfide) groups is 1. The molecule has 12 heteroatoms. The van der Waals surface area contributed by atoms with Crippen molar-refractivity contribution in [3.05, 3.63) is 28.8 Å². The molecule has 0 bridgehead atoms. The van der Waals surface area contributed by atoms with Crippen LogP contribution in [-0.4, -0.2) is 44.1 Å². The highest BCUT2D eigenvalue weighted by atomic mass is 32.2. The number of aromatic nitrogens is 3. The Balaban J connectivity index is 2.38. The van der Waals surface area contributed by atoms with E-state index in [4.69, 9.17) is 0 Å². The van der Waals surface area contributed by atoms with E-state index >= 15 is 0 Å². The predicted octanol–water partition coefficient (Wildman–Crippen LogP) is 3.24. The van der Waals surface area contributed by atoms with Crippen molar-refractivity contribution in [2.75, 3.05) is 12.4 Å². The Labute approximate surface area is 154 Å². The quantitative estimate of drug-likeness (QED) is 0.581. The van der Waals surface area contributed by atoms with Crippen LogP contribution in [0.15, 0.2) is 28.2 Å². The minimum Gasteiger partial charge on any atom is -0.506 e. The van der Waals surface area contributed by atoms with E-state index in [9.17, 15) is 31.9 Å². The highest BCUT2D eigenvalue weighted by Gasteiger charge is 2.58. The highest BCUT2D eigenvalue weighted by molar-refractivity contribution is 7.99. The topological polar surface area (TPSA) is 77.2 Å². The van der Waals surface area contributed by atoms with Gasteiger partial charge in [-0.3, -0.25) is 9.36 Å². The van der Waals surface area contributed by atoms with Gasteiger partial charge in [-0.15, -0.1) is 11.8 Å². The van der Waals surface area contributed by atoms with E-state index in [0.29, 0.717) is 10.6 Å². The lowest BCUT2D eigenvalue weighted by molar-refractivity contribution is -0.290. The molecule has 0 saturated carbocycles. The van der Waals surface area contributed by atoms with Crippen molar-refractivity contribution in [3.63, 3.8) is 0 Å². The van der Waals surface area contributed by atoms with Crippen molar-refractivity contribution >= 4 is 11.8 Å². The lowest BCUT2D eigenvalue weighted by atomic mass is 10.3. The number of aromatic hydroxyl groups is 1. The average Bonchev–Trinajstić information content (AvgIpc) is 2.56. The second-order valence-corrected chi connectivity index (χ2v) is 6.58. The van der Waals surface area contributed by atoms with Gasteiger partial charge in [0.15, 0.2) is 12.4 Å². The maximum absolute atomic E-state index is 13.0. The highest BCUT2D eigenvalue weighted by Crippen LogP contribution is 2.35. The van der Waals surface area contributed by atoms with Gasteiger partial charge in [0.25, 0.3) is 5.56 Å². The molecule has 0 radical (unpaired) electrons. The molecule has 0 atom stereocenters. The molecule has 0 aliphatic rings. The largest absolute Gasteiger partial charge is 0.506 e. The van der Waals surface area contributed by atoms with Crippen molar-refractivity contribution < 1.29 is 31.8 Å². The summed E-state index contributed by atoms with van der Waals surface area (Å²) < 4.78 is 67.8. The first-order valence-electron chi connectivity index (χ1n) is 7.43. The van der Waals surface area contributed by atoms with Crippen molar-refractivity contribution in [1.29, 1.82) is 0 Å². The molecule has 1 N–H and O–H groups in total. The van der Waals surface area contributed by atoms with Crippen LogP contribution < -0.4 is 10.3 Å². The Hall–Kier alpha value is -2.37. The third-order valence-corrected chi connectivity index (χ3v) is 4.22. The van der Waals surface area contributed by atoms with Crippen LogP contribution in [0.2, 0.25) is 0 Å². The molecule has 148 valence electrons. The summed E-state index contributed by atoms with van der Waals surface area (Å²) in [4.78, 5) is 20.7. The number of halogens is 5. The normalized spacial score (nSPS) is 12.3. The third-order valence-electron chi connectivity index (χ3n) is 3.31. The minimum atomic E-state index is -5.80. The summed E-state index contributed by atoms with van der Waals surface area (Å²) in [6, 6.07) is 1.41. The number of hydrogen-bond donors (Lipinski definition) is 1. The van der Waals surface area contributed by atoms with Crippen LogP contribution >= 0.6 is 11.8 Å². The van der Waals surface area contributed by atoms with Crippen LogP contribution in [0, 0.1) is 0 Å². The van der Waals surface area contributed by atoms with Gasteiger partial charge in [0.05, 0.1) is 12.4 Å². The molecule has 2 aromatic rings. The maximum atomic E-state index is 13.0. The fraction of sp³-hybridized carbons (Fsp3) is 0.400. The summed E-state index contributed by atoms with van der Waals surface area (Å²) in [5, 5.41) is 9.54. The number of ether oxygens (including phenoxy) is 1. The van der Waals surface area contributed by atoms with Crippen molar-refractivity contribution in [3.8, 4) is 23.0 Å². The number of hydrogen-bond acceptors (Lipinski definition) is 6. The Kier molecular flexibility index (Phi) is 5.97. The van der Waals surface area contributed by atoms with Crippen LogP contribution in [0.4, 0.5) is 22.0 Å². The van der Waals surface area contributed by atoms with E-state index in [0.717, 1.165) is 17.0 Å². The zero-order chi connectivity index (χ0) is 20.4. The fourth-order valence-electron chi connectivity index (χ4n) is 1.96. The molecule has 27 heavy (non-hydrogen) atoms. The Morgan fingerprint density at radius 3 is 2.48 bits per heavy atom. The molecular formula is C15H14F5N3O3S. The summed E-state index contributed by atoms with van der Waals surface area (Å²) in [5.74, 6) is -5.31. The number of pyridine rings is 1. The number of nitrogens with zero attached hydrogens (tertiary/aromatic N) is 3. The predicted molar refractivity (Wildman–Crippen MR) is 87.3 cm³/mol. The van der Waals surface area contributed by atoms with Gasteiger partial charge in [-0.2, -0.15) is 22.0 Å². The van der Waals surface area contributed by atoms with Crippen LogP contribution in [-0.2, 0) is 7.05 Å². The van der Waals surface area contributed by atoms with Crippen molar-refractivity contribution in [1.82, 2.24) is 14.5 Å². The minimum absolute atomic E-state index is 0.0332. The van der Waals surface area contributed by atoms with E-state index in [1.807, 2.05) is 6.92 Å². The second kappa shape index (κ2) is 7.71. The molecule has 0 unspecified atom stereocenters. The van der Waals surface area contributed by atoms with Crippen molar-refractivity contribution in [2.45, 2.75) is 23.9 Å². The van der Waals surface area contributed by atoms with Gasteiger partial charge in [-0.1, -0.05) is 6.92 Å². The standard InChI is InChI=1S/C15H14F5N3O3S/c1-3-27-10-4-8(24)5-21-11(10)12-22-6-9(13(25)23(12)2)26-7-14(16,17)15(18,19)20/h4-6,24H,3,7H2,1-2H3.